The topological polar surface area (TPSA) is 59.1 Å². The molecule has 1 aromatic heterocycles. The Morgan fingerprint density at radius 3 is 2.45 bits per heavy atom. The normalized spacial score (nSPS) is 14.2. The molecule has 2 atom stereocenters. The number of nitrogens with two attached hydrogens (primary N) is 1. The first kappa shape index (κ1) is 17.1. The summed E-state index contributed by atoms with van der Waals surface area (Å²) in [7, 11) is 0. The predicted molar refractivity (Wildman–Crippen MR) is 84.6 cm³/mol. The highest BCUT2D eigenvalue weighted by Crippen LogP contribution is 2.22. The van der Waals surface area contributed by atoms with Crippen LogP contribution in [0.3, 0.4) is 0 Å². The van der Waals surface area contributed by atoms with Gasteiger partial charge in [-0.2, -0.15) is 0 Å². The molecule has 2 unspecified atom stereocenters. The number of hydrogen-bond donors (Lipinski definition) is 2. The van der Waals surface area contributed by atoms with Crippen LogP contribution in [-0.4, -0.2) is 22.7 Å². The third-order valence-corrected chi connectivity index (χ3v) is 3.93. The minimum atomic E-state index is -0.347. The first-order valence-corrected chi connectivity index (χ1v) is 8.07. The number of pyridine rings is 1. The number of rotatable bonds is 11. The molecule has 0 aliphatic carbocycles. The molecule has 0 spiro atoms. The van der Waals surface area contributed by atoms with E-state index in [-0.39, 0.29) is 12.0 Å². The van der Waals surface area contributed by atoms with Crippen molar-refractivity contribution in [2.75, 3.05) is 6.54 Å². The van der Waals surface area contributed by atoms with Crippen LogP contribution in [0.5, 0.6) is 0 Å². The van der Waals surface area contributed by atoms with Crippen LogP contribution in [0.15, 0.2) is 24.5 Å². The molecule has 114 valence electrons. The summed E-state index contributed by atoms with van der Waals surface area (Å²) in [5.41, 5.74) is 6.85. The van der Waals surface area contributed by atoms with E-state index in [0.717, 1.165) is 18.4 Å². The van der Waals surface area contributed by atoms with Crippen molar-refractivity contribution >= 4 is 0 Å². The lowest BCUT2D eigenvalue weighted by Gasteiger charge is -2.21. The zero-order valence-corrected chi connectivity index (χ0v) is 12.8. The van der Waals surface area contributed by atoms with Crippen molar-refractivity contribution in [3.05, 3.63) is 30.1 Å². The number of hydrogen-bond acceptors (Lipinski definition) is 3. The maximum Gasteiger partial charge on any atom is 0.0621 e. The Morgan fingerprint density at radius 2 is 1.85 bits per heavy atom. The third kappa shape index (κ3) is 6.49. The lowest BCUT2D eigenvalue weighted by molar-refractivity contribution is 0.132. The Bertz CT molecular complexity index is 329. The summed E-state index contributed by atoms with van der Waals surface area (Å²) in [6, 6.07) is 3.90. The van der Waals surface area contributed by atoms with Crippen LogP contribution >= 0.6 is 0 Å². The quantitative estimate of drug-likeness (QED) is 0.608. The number of unbranched alkanes of at least 4 members (excludes halogenated alkanes) is 6. The number of aromatic nitrogens is 1. The van der Waals surface area contributed by atoms with E-state index < -0.39 is 0 Å². The van der Waals surface area contributed by atoms with Crippen LogP contribution in [-0.2, 0) is 0 Å². The van der Waals surface area contributed by atoms with Gasteiger partial charge in [-0.25, -0.2) is 0 Å². The molecule has 0 aromatic carbocycles. The summed E-state index contributed by atoms with van der Waals surface area (Å²) in [4.78, 5) is 4.11. The van der Waals surface area contributed by atoms with Gasteiger partial charge in [-0.15, -0.1) is 0 Å². The Morgan fingerprint density at radius 1 is 1.15 bits per heavy atom. The molecule has 3 nitrogen and oxygen atoms in total. The molecule has 3 heteroatoms. The summed E-state index contributed by atoms with van der Waals surface area (Å²) < 4.78 is 0. The lowest BCUT2D eigenvalue weighted by Crippen LogP contribution is -2.26. The molecular weight excluding hydrogens is 248 g/mol. The van der Waals surface area contributed by atoms with Gasteiger partial charge in [0.2, 0.25) is 0 Å². The Labute approximate surface area is 123 Å². The van der Waals surface area contributed by atoms with Crippen molar-refractivity contribution < 1.29 is 5.11 Å². The largest absolute Gasteiger partial charge is 0.392 e. The first-order chi connectivity index (χ1) is 9.79. The second-order valence-electron chi connectivity index (χ2n) is 5.61. The fourth-order valence-electron chi connectivity index (χ4n) is 2.62. The summed E-state index contributed by atoms with van der Waals surface area (Å²) >= 11 is 0. The van der Waals surface area contributed by atoms with E-state index in [1.54, 1.807) is 6.20 Å². The van der Waals surface area contributed by atoms with Crippen LogP contribution in [0.1, 0.15) is 69.8 Å². The lowest BCUT2D eigenvalue weighted by atomic mass is 9.91. The third-order valence-electron chi connectivity index (χ3n) is 3.93. The summed E-state index contributed by atoms with van der Waals surface area (Å²) in [6.45, 7) is 2.71. The zero-order chi connectivity index (χ0) is 14.6. The molecule has 1 heterocycles. The molecule has 0 bridgehead atoms. The van der Waals surface area contributed by atoms with Crippen LogP contribution in [0.2, 0.25) is 0 Å². The van der Waals surface area contributed by atoms with Gasteiger partial charge in [-0.3, -0.25) is 4.98 Å². The maximum atomic E-state index is 10.3. The van der Waals surface area contributed by atoms with Crippen molar-refractivity contribution in [2.45, 2.75) is 70.3 Å². The summed E-state index contributed by atoms with van der Waals surface area (Å²) in [6.07, 6.45) is 13.0. The van der Waals surface area contributed by atoms with Crippen molar-refractivity contribution in [2.24, 2.45) is 5.73 Å². The van der Waals surface area contributed by atoms with Crippen LogP contribution < -0.4 is 5.73 Å². The highest BCUT2D eigenvalue weighted by Gasteiger charge is 2.19. The zero-order valence-electron chi connectivity index (χ0n) is 12.8. The minimum absolute atomic E-state index is 0.0174. The van der Waals surface area contributed by atoms with Crippen molar-refractivity contribution in [1.29, 1.82) is 0 Å². The van der Waals surface area contributed by atoms with Crippen molar-refractivity contribution in [3.8, 4) is 0 Å². The molecule has 0 aliphatic heterocycles. The highest BCUT2D eigenvalue weighted by atomic mass is 16.3. The van der Waals surface area contributed by atoms with Gasteiger partial charge >= 0.3 is 0 Å². The van der Waals surface area contributed by atoms with Gasteiger partial charge in [0.25, 0.3) is 0 Å². The van der Waals surface area contributed by atoms with Crippen LogP contribution in [0.4, 0.5) is 0 Å². The molecule has 0 aliphatic rings. The Hall–Kier alpha value is -0.930. The standard InChI is InChI=1S/C17H30N2O/c1-2-3-4-5-6-7-8-11-17(20)16(13-18)15-10-9-12-19-14-15/h9-10,12,14,16-17,20H,2-8,11,13,18H2,1H3. The molecule has 3 N–H and O–H groups in total. The SMILES string of the molecule is CCCCCCCCCC(O)C(CN)c1cccnc1. The first-order valence-electron chi connectivity index (χ1n) is 8.07. The van der Waals surface area contributed by atoms with Crippen molar-refractivity contribution in [1.82, 2.24) is 4.98 Å². The van der Waals surface area contributed by atoms with Gasteiger partial charge in [-0.05, 0) is 18.1 Å². The van der Waals surface area contributed by atoms with E-state index in [1.165, 1.54) is 38.5 Å². The van der Waals surface area contributed by atoms with Gasteiger partial charge in [0.05, 0.1) is 6.10 Å². The molecular formula is C17H30N2O. The molecule has 0 amide bonds. The Kier molecular flexibility index (Phi) is 9.25. The predicted octanol–water partition coefficient (Wildman–Crippen LogP) is 3.63. The van der Waals surface area contributed by atoms with Crippen molar-refractivity contribution in [3.63, 3.8) is 0 Å². The average molecular weight is 278 g/mol. The second-order valence-corrected chi connectivity index (χ2v) is 5.61. The minimum Gasteiger partial charge on any atom is -0.392 e. The van der Waals surface area contributed by atoms with Gasteiger partial charge in [0.1, 0.15) is 0 Å². The highest BCUT2D eigenvalue weighted by molar-refractivity contribution is 5.16. The summed E-state index contributed by atoms with van der Waals surface area (Å²) in [5, 5.41) is 10.3. The molecule has 1 aromatic rings. The van der Waals surface area contributed by atoms with E-state index in [1.807, 2.05) is 18.3 Å². The Balaban J connectivity index is 2.22. The monoisotopic (exact) mass is 278 g/mol. The van der Waals surface area contributed by atoms with Gasteiger partial charge in [0, 0.05) is 24.9 Å². The molecule has 0 fully saturated rings. The maximum absolute atomic E-state index is 10.3. The molecule has 20 heavy (non-hydrogen) atoms. The van der Waals surface area contributed by atoms with Crippen LogP contribution in [0, 0.1) is 0 Å². The molecule has 0 saturated carbocycles. The number of aliphatic hydroxyl groups is 1. The van der Waals surface area contributed by atoms with E-state index in [9.17, 15) is 5.11 Å². The van der Waals surface area contributed by atoms with E-state index in [4.69, 9.17) is 5.73 Å². The van der Waals surface area contributed by atoms with Gasteiger partial charge in [0.15, 0.2) is 0 Å². The second kappa shape index (κ2) is 10.8. The van der Waals surface area contributed by atoms with Gasteiger partial charge in [-0.1, -0.05) is 57.9 Å². The summed E-state index contributed by atoms with van der Waals surface area (Å²) in [5.74, 6) is 0.0174. The number of nitrogens with zero attached hydrogens (tertiary/aromatic N) is 1. The van der Waals surface area contributed by atoms with E-state index >= 15 is 0 Å². The average Bonchev–Trinajstić information content (AvgIpc) is 2.48. The van der Waals surface area contributed by atoms with E-state index in [0.29, 0.717) is 6.54 Å². The smallest absolute Gasteiger partial charge is 0.0621 e. The fraction of sp³-hybridized carbons (Fsp3) is 0.706. The van der Waals surface area contributed by atoms with E-state index in [2.05, 4.69) is 11.9 Å². The fourth-order valence-corrected chi connectivity index (χ4v) is 2.62. The molecule has 0 saturated heterocycles. The van der Waals surface area contributed by atoms with Gasteiger partial charge < -0.3 is 10.8 Å². The molecule has 1 rings (SSSR count). The number of aliphatic hydroxyl groups excluding tert-OH is 1. The molecule has 0 radical (unpaired) electrons. The van der Waals surface area contributed by atoms with Crippen LogP contribution in [0.25, 0.3) is 0 Å².